The van der Waals surface area contributed by atoms with Crippen LogP contribution >= 0.6 is 0 Å². The second-order valence-electron chi connectivity index (χ2n) is 8.22. The van der Waals surface area contributed by atoms with Gasteiger partial charge < -0.3 is 14.8 Å². The summed E-state index contributed by atoms with van der Waals surface area (Å²) in [7, 11) is 1.97. The highest BCUT2D eigenvalue weighted by atomic mass is 19.1. The fourth-order valence-electron chi connectivity index (χ4n) is 3.92. The number of likely N-dealkylation sites (N-methyl/N-ethyl adjacent to an activating group) is 1. The average Bonchev–Trinajstić information content (AvgIpc) is 3.36. The summed E-state index contributed by atoms with van der Waals surface area (Å²) in [5.41, 5.74) is 2.59. The first-order valence-corrected chi connectivity index (χ1v) is 11.2. The van der Waals surface area contributed by atoms with E-state index in [0.717, 1.165) is 11.8 Å². The van der Waals surface area contributed by atoms with Crippen molar-refractivity contribution >= 4 is 28.9 Å². The number of rotatable bonds is 4. The van der Waals surface area contributed by atoms with Gasteiger partial charge in [0.1, 0.15) is 12.1 Å². The summed E-state index contributed by atoms with van der Waals surface area (Å²) in [5.74, 6) is -1.82. The Hall–Kier alpha value is -4.17. The minimum Gasteiger partial charge on any atom is -0.360 e. The van der Waals surface area contributed by atoms with Crippen LogP contribution in [0.3, 0.4) is 0 Å². The molecule has 0 radical (unpaired) electrons. The number of aromatic amines is 1. The van der Waals surface area contributed by atoms with E-state index >= 15 is 0 Å². The van der Waals surface area contributed by atoms with Crippen LogP contribution in [0.1, 0.15) is 20.7 Å². The second-order valence-corrected chi connectivity index (χ2v) is 8.22. The number of H-pyrrole nitrogens is 1. The van der Waals surface area contributed by atoms with Gasteiger partial charge in [-0.3, -0.25) is 19.4 Å². The zero-order valence-corrected chi connectivity index (χ0v) is 19.3. The van der Waals surface area contributed by atoms with Gasteiger partial charge in [0.2, 0.25) is 0 Å². The minimum absolute atomic E-state index is 0.0595. The SMILES string of the molecule is CN1CCN(C(=O)C(=O)c2c[nH]c3c(-c4ccccn4)ccc(F)c23)CC1.O=Cc1ccccc1. The third-order valence-corrected chi connectivity index (χ3v) is 5.89. The first-order valence-electron chi connectivity index (χ1n) is 11.2. The number of carbonyl (C=O) groups excluding carboxylic acids is 3. The molecule has 1 aliphatic rings. The molecule has 0 bridgehead atoms. The Morgan fingerprint density at radius 2 is 1.69 bits per heavy atom. The predicted octanol–water partition coefficient (Wildman–Crippen LogP) is 3.82. The quantitative estimate of drug-likeness (QED) is 0.277. The second kappa shape index (κ2) is 10.8. The zero-order valence-electron chi connectivity index (χ0n) is 19.3. The summed E-state index contributed by atoms with van der Waals surface area (Å²) < 4.78 is 14.6. The number of carbonyl (C=O) groups is 3. The van der Waals surface area contributed by atoms with Crippen molar-refractivity contribution in [3.8, 4) is 11.3 Å². The van der Waals surface area contributed by atoms with E-state index in [1.54, 1.807) is 30.5 Å². The number of halogens is 1. The molecule has 7 nitrogen and oxygen atoms in total. The lowest BCUT2D eigenvalue weighted by atomic mass is 10.0. The molecule has 35 heavy (non-hydrogen) atoms. The number of benzene rings is 2. The van der Waals surface area contributed by atoms with Gasteiger partial charge in [0.25, 0.3) is 11.7 Å². The van der Waals surface area contributed by atoms with Crippen LogP contribution in [0.5, 0.6) is 0 Å². The van der Waals surface area contributed by atoms with Crippen molar-refractivity contribution in [2.75, 3.05) is 33.2 Å². The molecule has 0 spiro atoms. The van der Waals surface area contributed by atoms with Crippen LogP contribution in [-0.2, 0) is 4.79 Å². The molecular formula is C27H25FN4O3. The standard InChI is InChI=1S/C20H19FN4O2.C7H6O/c1-24-8-10-25(11-9-24)20(27)19(26)14-12-23-18-13(5-6-15(21)17(14)18)16-4-2-3-7-22-16;8-6-7-4-2-1-3-5-7/h2-7,12,23H,8-11H2,1H3;1-6H. The molecule has 0 unspecified atom stereocenters. The van der Waals surface area contributed by atoms with Gasteiger partial charge in [-0.05, 0) is 31.3 Å². The Morgan fingerprint density at radius 1 is 0.971 bits per heavy atom. The lowest BCUT2D eigenvalue weighted by Crippen LogP contribution is -2.49. The Balaban J connectivity index is 0.000000308. The molecule has 1 amide bonds. The van der Waals surface area contributed by atoms with Crippen LogP contribution in [0.4, 0.5) is 4.39 Å². The smallest absolute Gasteiger partial charge is 0.295 e. The lowest BCUT2D eigenvalue weighted by Gasteiger charge is -2.31. The highest BCUT2D eigenvalue weighted by Gasteiger charge is 2.29. The van der Waals surface area contributed by atoms with Crippen LogP contribution in [0.25, 0.3) is 22.2 Å². The van der Waals surface area contributed by atoms with E-state index in [1.807, 2.05) is 37.4 Å². The Morgan fingerprint density at radius 3 is 2.31 bits per heavy atom. The topological polar surface area (TPSA) is 86.4 Å². The molecular weight excluding hydrogens is 447 g/mol. The van der Waals surface area contributed by atoms with Crippen LogP contribution in [0.2, 0.25) is 0 Å². The number of aldehydes is 1. The van der Waals surface area contributed by atoms with Gasteiger partial charge in [0.15, 0.2) is 0 Å². The van der Waals surface area contributed by atoms with E-state index in [9.17, 15) is 18.8 Å². The van der Waals surface area contributed by atoms with Gasteiger partial charge in [0, 0.05) is 55.1 Å². The van der Waals surface area contributed by atoms with E-state index in [0.29, 0.717) is 43.0 Å². The molecule has 5 rings (SSSR count). The molecule has 3 heterocycles. The van der Waals surface area contributed by atoms with Crippen LogP contribution in [-0.4, -0.2) is 71.0 Å². The maximum absolute atomic E-state index is 14.6. The number of fused-ring (bicyclic) bond motifs is 1. The molecule has 1 saturated heterocycles. The number of pyridine rings is 1. The largest absolute Gasteiger partial charge is 0.360 e. The van der Waals surface area contributed by atoms with Gasteiger partial charge >= 0.3 is 0 Å². The van der Waals surface area contributed by atoms with Crippen LogP contribution in [0.15, 0.2) is 73.1 Å². The summed E-state index contributed by atoms with van der Waals surface area (Å²) in [6.45, 7) is 2.41. The first kappa shape index (κ1) is 24.0. The number of hydrogen-bond donors (Lipinski definition) is 1. The number of nitrogens with zero attached hydrogens (tertiary/aromatic N) is 3. The van der Waals surface area contributed by atoms with Gasteiger partial charge in [-0.2, -0.15) is 0 Å². The molecule has 0 aliphatic carbocycles. The number of Topliss-reactive ketones (excluding diaryl/α,β-unsaturated/α-hetero) is 1. The van der Waals surface area contributed by atoms with E-state index in [2.05, 4.69) is 14.9 Å². The van der Waals surface area contributed by atoms with Crippen molar-refractivity contribution in [1.82, 2.24) is 19.8 Å². The van der Waals surface area contributed by atoms with Crippen LogP contribution < -0.4 is 0 Å². The number of aromatic nitrogens is 2. The van der Waals surface area contributed by atoms with Crippen molar-refractivity contribution < 1.29 is 18.8 Å². The molecule has 2 aromatic heterocycles. The average molecular weight is 473 g/mol. The molecule has 1 aliphatic heterocycles. The predicted molar refractivity (Wildman–Crippen MR) is 132 cm³/mol. The normalized spacial score (nSPS) is 13.7. The molecule has 1 fully saturated rings. The number of ketones is 1. The maximum Gasteiger partial charge on any atom is 0.295 e. The van der Waals surface area contributed by atoms with Crippen molar-refractivity contribution in [3.05, 3.63) is 90.0 Å². The summed E-state index contributed by atoms with van der Waals surface area (Å²) in [4.78, 5) is 46.3. The van der Waals surface area contributed by atoms with Gasteiger partial charge in [-0.1, -0.05) is 36.4 Å². The zero-order chi connectivity index (χ0) is 24.8. The Bertz CT molecular complexity index is 1330. The maximum atomic E-state index is 14.6. The Kier molecular flexibility index (Phi) is 7.42. The van der Waals surface area contributed by atoms with E-state index in [-0.39, 0.29) is 10.9 Å². The molecule has 0 atom stereocenters. The first-order chi connectivity index (χ1) is 17.0. The van der Waals surface area contributed by atoms with E-state index < -0.39 is 17.5 Å². The fourth-order valence-corrected chi connectivity index (χ4v) is 3.92. The number of piperazine rings is 1. The fraction of sp³-hybridized carbons (Fsp3) is 0.185. The summed E-state index contributed by atoms with van der Waals surface area (Å²) in [5, 5.41) is 0.130. The minimum atomic E-state index is -0.692. The highest BCUT2D eigenvalue weighted by Crippen LogP contribution is 2.31. The monoisotopic (exact) mass is 472 g/mol. The third kappa shape index (κ3) is 5.33. The van der Waals surface area contributed by atoms with Crippen molar-refractivity contribution in [3.63, 3.8) is 0 Å². The van der Waals surface area contributed by atoms with Crippen molar-refractivity contribution in [2.45, 2.75) is 0 Å². The summed E-state index contributed by atoms with van der Waals surface area (Å²) in [6.07, 6.45) is 3.90. The number of amides is 1. The molecule has 2 aromatic carbocycles. The summed E-state index contributed by atoms with van der Waals surface area (Å²) in [6, 6.07) is 17.5. The van der Waals surface area contributed by atoms with Crippen molar-refractivity contribution in [2.24, 2.45) is 0 Å². The Labute approximate surface area is 202 Å². The molecule has 178 valence electrons. The van der Waals surface area contributed by atoms with Gasteiger partial charge in [-0.25, -0.2) is 4.39 Å². The molecule has 0 saturated carbocycles. The summed E-state index contributed by atoms with van der Waals surface area (Å²) >= 11 is 0. The number of hydrogen-bond acceptors (Lipinski definition) is 5. The van der Waals surface area contributed by atoms with Crippen molar-refractivity contribution in [1.29, 1.82) is 0 Å². The van der Waals surface area contributed by atoms with Gasteiger partial charge in [-0.15, -0.1) is 0 Å². The third-order valence-electron chi connectivity index (χ3n) is 5.89. The molecule has 8 heteroatoms. The van der Waals surface area contributed by atoms with Crippen LogP contribution in [0, 0.1) is 5.82 Å². The highest BCUT2D eigenvalue weighted by molar-refractivity contribution is 6.45. The van der Waals surface area contributed by atoms with E-state index in [4.69, 9.17) is 0 Å². The number of nitrogens with one attached hydrogen (secondary N) is 1. The lowest BCUT2D eigenvalue weighted by molar-refractivity contribution is -0.127. The van der Waals surface area contributed by atoms with Gasteiger partial charge in [0.05, 0.1) is 16.8 Å². The van der Waals surface area contributed by atoms with E-state index in [1.165, 1.54) is 17.2 Å². The molecule has 1 N–H and O–H groups in total. The molecule has 4 aromatic rings.